The van der Waals surface area contributed by atoms with Crippen LogP contribution >= 0.6 is 11.8 Å². The van der Waals surface area contributed by atoms with E-state index in [1.54, 1.807) is 6.07 Å². The number of rotatable bonds is 6. The summed E-state index contributed by atoms with van der Waals surface area (Å²) in [5.74, 6) is 1.35. The molecule has 0 aromatic carbocycles. The molecule has 0 aliphatic carbocycles. The Hall–Kier alpha value is -1.80. The first kappa shape index (κ1) is 15.6. The van der Waals surface area contributed by atoms with Gasteiger partial charge in [0.2, 0.25) is 0 Å². The number of nitrogens with zero attached hydrogens (tertiary/aromatic N) is 3. The number of esters is 1. The maximum atomic E-state index is 11.6. The zero-order valence-electron chi connectivity index (χ0n) is 12.2. The summed E-state index contributed by atoms with van der Waals surface area (Å²) < 4.78 is 12.0. The highest BCUT2D eigenvalue weighted by Crippen LogP contribution is 2.26. The van der Waals surface area contributed by atoms with Crippen molar-refractivity contribution in [1.82, 2.24) is 14.8 Å². The predicted octanol–water partition coefficient (Wildman–Crippen LogP) is 1.99. The topological polar surface area (TPSA) is 96.2 Å². The number of methoxy groups -OCH3 is 1. The second kappa shape index (κ2) is 6.77. The van der Waals surface area contributed by atoms with E-state index < -0.39 is 5.97 Å². The molecule has 2 heterocycles. The summed E-state index contributed by atoms with van der Waals surface area (Å²) in [5.41, 5.74) is 6.09. The lowest BCUT2D eigenvalue weighted by Gasteiger charge is -2.12. The summed E-state index contributed by atoms with van der Waals surface area (Å²) in [5, 5.41) is 8.96. The zero-order valence-corrected chi connectivity index (χ0v) is 13.0. The molecule has 0 amide bonds. The number of ether oxygens (including phenoxy) is 1. The maximum absolute atomic E-state index is 11.6. The van der Waals surface area contributed by atoms with Crippen molar-refractivity contribution >= 4 is 17.7 Å². The molecule has 2 aromatic heterocycles. The van der Waals surface area contributed by atoms with Gasteiger partial charge in [0, 0.05) is 6.04 Å². The van der Waals surface area contributed by atoms with Crippen LogP contribution in [-0.4, -0.2) is 27.8 Å². The average molecular weight is 310 g/mol. The van der Waals surface area contributed by atoms with Gasteiger partial charge in [0.15, 0.2) is 5.16 Å². The van der Waals surface area contributed by atoms with Crippen LogP contribution in [-0.2, 0) is 17.0 Å². The SMILES string of the molecule is COC(=O)c1ccoc1CSc1nnc(CN)n1C(C)C. The fourth-order valence-corrected chi connectivity index (χ4v) is 2.98. The van der Waals surface area contributed by atoms with Crippen molar-refractivity contribution in [2.45, 2.75) is 37.3 Å². The molecule has 0 atom stereocenters. The van der Waals surface area contributed by atoms with Crippen molar-refractivity contribution in [2.75, 3.05) is 7.11 Å². The van der Waals surface area contributed by atoms with Crippen LogP contribution in [0.25, 0.3) is 0 Å². The standard InChI is InChI=1S/C13H18N4O3S/c1-8(2)17-11(6-14)15-16-13(17)21-7-10-9(4-5-20-10)12(18)19-3/h4-5,8H,6-7,14H2,1-3H3. The van der Waals surface area contributed by atoms with Crippen LogP contribution < -0.4 is 5.73 Å². The summed E-state index contributed by atoms with van der Waals surface area (Å²) in [6.07, 6.45) is 1.47. The van der Waals surface area contributed by atoms with Gasteiger partial charge in [0.1, 0.15) is 17.1 Å². The third kappa shape index (κ3) is 3.27. The Kier molecular flexibility index (Phi) is 5.03. The Morgan fingerprint density at radius 3 is 2.90 bits per heavy atom. The van der Waals surface area contributed by atoms with Crippen LogP contribution in [0.2, 0.25) is 0 Å². The molecular formula is C13H18N4O3S. The highest BCUT2D eigenvalue weighted by molar-refractivity contribution is 7.98. The predicted molar refractivity (Wildman–Crippen MR) is 77.9 cm³/mol. The van der Waals surface area contributed by atoms with Crippen molar-refractivity contribution in [2.24, 2.45) is 5.73 Å². The molecule has 0 saturated heterocycles. The second-order valence-electron chi connectivity index (χ2n) is 4.60. The summed E-state index contributed by atoms with van der Waals surface area (Å²) in [6.45, 7) is 4.42. The van der Waals surface area contributed by atoms with Gasteiger partial charge in [-0.2, -0.15) is 0 Å². The van der Waals surface area contributed by atoms with Crippen LogP contribution in [0, 0.1) is 0 Å². The second-order valence-corrected chi connectivity index (χ2v) is 5.55. The normalized spacial score (nSPS) is 11.1. The Morgan fingerprint density at radius 2 is 2.29 bits per heavy atom. The van der Waals surface area contributed by atoms with Crippen LogP contribution in [0.5, 0.6) is 0 Å². The lowest BCUT2D eigenvalue weighted by atomic mass is 10.3. The van der Waals surface area contributed by atoms with Gasteiger partial charge in [-0.3, -0.25) is 0 Å². The minimum Gasteiger partial charge on any atom is -0.468 e. The van der Waals surface area contributed by atoms with E-state index in [4.69, 9.17) is 14.9 Å². The first-order valence-electron chi connectivity index (χ1n) is 6.49. The van der Waals surface area contributed by atoms with E-state index in [0.29, 0.717) is 23.6 Å². The molecule has 2 aromatic rings. The van der Waals surface area contributed by atoms with Crippen LogP contribution in [0.3, 0.4) is 0 Å². The van der Waals surface area contributed by atoms with E-state index >= 15 is 0 Å². The molecule has 21 heavy (non-hydrogen) atoms. The molecule has 0 radical (unpaired) electrons. The van der Waals surface area contributed by atoms with Crippen molar-refractivity contribution in [3.8, 4) is 0 Å². The molecular weight excluding hydrogens is 292 g/mol. The van der Waals surface area contributed by atoms with E-state index in [-0.39, 0.29) is 6.04 Å². The number of carbonyl (C=O) groups is 1. The molecule has 7 nitrogen and oxygen atoms in total. The summed E-state index contributed by atoms with van der Waals surface area (Å²) in [7, 11) is 1.34. The largest absolute Gasteiger partial charge is 0.468 e. The van der Waals surface area contributed by atoms with E-state index in [1.165, 1.54) is 25.1 Å². The summed E-state index contributed by atoms with van der Waals surface area (Å²) in [6, 6.07) is 1.80. The lowest BCUT2D eigenvalue weighted by Crippen LogP contribution is -2.11. The van der Waals surface area contributed by atoms with Crippen molar-refractivity contribution in [1.29, 1.82) is 0 Å². The third-order valence-electron chi connectivity index (χ3n) is 2.92. The molecule has 0 unspecified atom stereocenters. The molecule has 0 spiro atoms. The van der Waals surface area contributed by atoms with Gasteiger partial charge < -0.3 is 19.5 Å². The highest BCUT2D eigenvalue weighted by atomic mass is 32.2. The van der Waals surface area contributed by atoms with Gasteiger partial charge in [-0.25, -0.2) is 4.79 Å². The maximum Gasteiger partial charge on any atom is 0.341 e. The minimum atomic E-state index is -0.410. The Balaban J connectivity index is 2.16. The van der Waals surface area contributed by atoms with E-state index in [2.05, 4.69) is 10.2 Å². The molecule has 0 aliphatic heterocycles. The zero-order chi connectivity index (χ0) is 15.4. The number of hydrogen-bond acceptors (Lipinski definition) is 7. The lowest BCUT2D eigenvalue weighted by molar-refractivity contribution is 0.0598. The molecule has 2 N–H and O–H groups in total. The molecule has 2 rings (SSSR count). The average Bonchev–Trinajstić information content (AvgIpc) is 3.10. The van der Waals surface area contributed by atoms with Crippen LogP contribution in [0.4, 0.5) is 0 Å². The number of thioether (sulfide) groups is 1. The fraction of sp³-hybridized carbons (Fsp3) is 0.462. The molecule has 0 fully saturated rings. The van der Waals surface area contributed by atoms with Crippen molar-refractivity contribution in [3.63, 3.8) is 0 Å². The van der Waals surface area contributed by atoms with Gasteiger partial charge in [-0.1, -0.05) is 11.8 Å². The van der Waals surface area contributed by atoms with E-state index in [1.807, 2.05) is 18.4 Å². The van der Waals surface area contributed by atoms with Crippen LogP contribution in [0.15, 0.2) is 21.9 Å². The number of nitrogens with two attached hydrogens (primary N) is 1. The molecule has 8 heteroatoms. The van der Waals surface area contributed by atoms with Gasteiger partial charge >= 0.3 is 5.97 Å². The summed E-state index contributed by atoms with van der Waals surface area (Å²) in [4.78, 5) is 11.6. The summed E-state index contributed by atoms with van der Waals surface area (Å²) >= 11 is 1.44. The number of hydrogen-bond donors (Lipinski definition) is 1. The highest BCUT2D eigenvalue weighted by Gasteiger charge is 2.18. The first-order chi connectivity index (χ1) is 10.1. The molecule has 0 aliphatic rings. The van der Waals surface area contributed by atoms with Gasteiger partial charge in [0.25, 0.3) is 0 Å². The third-order valence-corrected chi connectivity index (χ3v) is 3.86. The molecule has 0 bridgehead atoms. The Bertz CT molecular complexity index is 621. The van der Waals surface area contributed by atoms with Crippen molar-refractivity contribution < 1.29 is 13.9 Å². The monoisotopic (exact) mass is 310 g/mol. The molecule has 0 saturated carbocycles. The Morgan fingerprint density at radius 1 is 1.52 bits per heavy atom. The minimum absolute atomic E-state index is 0.206. The number of furan rings is 1. The van der Waals surface area contributed by atoms with E-state index in [9.17, 15) is 4.79 Å². The quantitative estimate of drug-likeness (QED) is 0.643. The Labute approximate surface area is 126 Å². The fourth-order valence-electron chi connectivity index (χ4n) is 1.94. The number of carbonyl (C=O) groups excluding carboxylic acids is 1. The van der Waals surface area contributed by atoms with Gasteiger partial charge in [-0.15, -0.1) is 10.2 Å². The first-order valence-corrected chi connectivity index (χ1v) is 7.48. The number of aromatic nitrogens is 3. The van der Waals surface area contributed by atoms with E-state index in [0.717, 1.165) is 11.0 Å². The van der Waals surface area contributed by atoms with Gasteiger partial charge in [0.05, 0.1) is 25.7 Å². The van der Waals surface area contributed by atoms with Gasteiger partial charge in [-0.05, 0) is 19.9 Å². The van der Waals surface area contributed by atoms with Crippen LogP contribution in [0.1, 0.15) is 41.8 Å². The van der Waals surface area contributed by atoms with Crippen molar-refractivity contribution in [3.05, 3.63) is 29.5 Å². The smallest absolute Gasteiger partial charge is 0.341 e. The molecule has 114 valence electrons.